The van der Waals surface area contributed by atoms with Gasteiger partial charge in [-0.1, -0.05) is 25.7 Å². The second-order valence-corrected chi connectivity index (χ2v) is 7.98. The van der Waals surface area contributed by atoms with Gasteiger partial charge >= 0.3 is 0 Å². The van der Waals surface area contributed by atoms with Crippen molar-refractivity contribution in [3.05, 3.63) is 11.6 Å². The third-order valence-electron chi connectivity index (χ3n) is 5.71. The zero-order chi connectivity index (χ0) is 20.8. The first-order chi connectivity index (χ1) is 14.0. The third-order valence-corrected chi connectivity index (χ3v) is 5.71. The molecule has 0 spiro atoms. The van der Waals surface area contributed by atoms with E-state index in [1.165, 1.54) is 0 Å². The summed E-state index contributed by atoms with van der Waals surface area (Å²) in [5.74, 6) is -0.960. The van der Waals surface area contributed by atoms with Gasteiger partial charge in [-0.15, -0.1) is 0 Å². The summed E-state index contributed by atoms with van der Waals surface area (Å²) in [5, 5.41) is 13.1. The van der Waals surface area contributed by atoms with Crippen molar-refractivity contribution >= 4 is 24.0 Å². The SMILES string of the molecule is Cc1nc(NNC(=O)[C@@H](CC2CCCC2)CN(O)C=O)c(F)c(NC2CCC2)n1. The minimum Gasteiger partial charge on any atom is -0.365 e. The summed E-state index contributed by atoms with van der Waals surface area (Å²) in [6.45, 7) is 1.53. The molecule has 2 amide bonds. The molecule has 2 aliphatic carbocycles. The number of hydrogen-bond donors (Lipinski definition) is 4. The molecule has 9 nitrogen and oxygen atoms in total. The van der Waals surface area contributed by atoms with Crippen LogP contribution in [0.25, 0.3) is 0 Å². The molecule has 1 aromatic rings. The Hall–Kier alpha value is -2.49. The summed E-state index contributed by atoms with van der Waals surface area (Å²) in [6, 6.07) is 0.205. The minimum atomic E-state index is -0.660. The molecule has 1 aromatic heterocycles. The minimum absolute atomic E-state index is 0.115. The maximum absolute atomic E-state index is 14.7. The number of carbonyl (C=O) groups excluding carboxylic acids is 2. The van der Waals surface area contributed by atoms with Gasteiger partial charge in [-0.25, -0.2) is 15.0 Å². The lowest BCUT2D eigenvalue weighted by Gasteiger charge is -2.27. The predicted molar refractivity (Wildman–Crippen MR) is 104 cm³/mol. The summed E-state index contributed by atoms with van der Waals surface area (Å²) in [5.41, 5.74) is 5.02. The molecule has 0 radical (unpaired) electrons. The van der Waals surface area contributed by atoms with Crippen LogP contribution >= 0.6 is 0 Å². The standard InChI is InChI=1S/C19H29FN6O3/c1-12-21-17(23-15-7-4-8-15)16(20)18(22-12)24-25-19(28)14(10-26(29)11-27)9-13-5-2-3-6-13/h11,13-15,29H,2-10H2,1H3,(H,25,28)(H2,21,22,23,24)/t14-/m0/s1. The Morgan fingerprint density at radius 2 is 1.93 bits per heavy atom. The highest BCUT2D eigenvalue weighted by Crippen LogP contribution is 2.31. The Kier molecular flexibility index (Phi) is 7.18. The van der Waals surface area contributed by atoms with E-state index in [1.54, 1.807) is 6.92 Å². The number of hydrogen-bond acceptors (Lipinski definition) is 7. The van der Waals surface area contributed by atoms with Crippen LogP contribution in [0.2, 0.25) is 0 Å². The van der Waals surface area contributed by atoms with Crippen LogP contribution in [0.4, 0.5) is 16.0 Å². The fraction of sp³-hybridized carbons (Fsp3) is 0.684. The van der Waals surface area contributed by atoms with Crippen molar-refractivity contribution in [3.63, 3.8) is 0 Å². The number of anilines is 2. The van der Waals surface area contributed by atoms with Crippen LogP contribution < -0.4 is 16.2 Å². The molecule has 3 rings (SSSR count). The summed E-state index contributed by atoms with van der Waals surface area (Å²) < 4.78 is 14.7. The van der Waals surface area contributed by atoms with Gasteiger partial charge in [0.25, 0.3) is 0 Å². The summed E-state index contributed by atoms with van der Waals surface area (Å²) in [6.07, 6.45) is 8.17. The molecule has 0 saturated heterocycles. The monoisotopic (exact) mass is 408 g/mol. The number of nitrogens with zero attached hydrogens (tertiary/aromatic N) is 3. The predicted octanol–water partition coefficient (Wildman–Crippen LogP) is 2.38. The molecule has 4 N–H and O–H groups in total. The maximum Gasteiger partial charge on any atom is 0.243 e. The number of hydroxylamine groups is 2. The van der Waals surface area contributed by atoms with Gasteiger partial charge in [0.2, 0.25) is 18.1 Å². The smallest absolute Gasteiger partial charge is 0.243 e. The highest BCUT2D eigenvalue weighted by Gasteiger charge is 2.27. The lowest BCUT2D eigenvalue weighted by Crippen LogP contribution is -2.41. The van der Waals surface area contributed by atoms with Gasteiger partial charge in [-0.3, -0.25) is 25.6 Å². The summed E-state index contributed by atoms with van der Waals surface area (Å²) in [4.78, 5) is 31.6. The average Bonchev–Trinajstić information content (AvgIpc) is 3.17. The van der Waals surface area contributed by atoms with Crippen LogP contribution in [-0.2, 0) is 9.59 Å². The van der Waals surface area contributed by atoms with Crippen molar-refractivity contribution < 1.29 is 19.2 Å². The van der Waals surface area contributed by atoms with Gasteiger partial charge in [0.15, 0.2) is 11.6 Å². The molecule has 0 bridgehead atoms. The molecule has 2 saturated carbocycles. The van der Waals surface area contributed by atoms with Crippen molar-refractivity contribution in [2.45, 2.75) is 64.3 Å². The van der Waals surface area contributed by atoms with E-state index in [4.69, 9.17) is 0 Å². The molecular formula is C19H29FN6O3. The number of rotatable bonds is 10. The van der Waals surface area contributed by atoms with E-state index in [0.29, 0.717) is 23.2 Å². The fourth-order valence-electron chi connectivity index (χ4n) is 3.89. The molecule has 0 aliphatic heterocycles. The zero-order valence-electron chi connectivity index (χ0n) is 16.7. The van der Waals surface area contributed by atoms with Crippen molar-refractivity contribution in [1.82, 2.24) is 20.5 Å². The Bertz CT molecular complexity index is 724. The van der Waals surface area contributed by atoms with Gasteiger partial charge in [0, 0.05) is 6.04 Å². The molecule has 1 atom stereocenters. The van der Waals surface area contributed by atoms with E-state index in [1.807, 2.05) is 0 Å². The van der Waals surface area contributed by atoms with Crippen LogP contribution in [0, 0.1) is 24.6 Å². The Morgan fingerprint density at radius 1 is 1.24 bits per heavy atom. The van der Waals surface area contributed by atoms with Gasteiger partial charge in [0.1, 0.15) is 5.82 Å². The van der Waals surface area contributed by atoms with E-state index in [0.717, 1.165) is 44.9 Å². The van der Waals surface area contributed by atoms with Crippen molar-refractivity contribution in [2.24, 2.45) is 11.8 Å². The summed E-state index contributed by atoms with van der Waals surface area (Å²) in [7, 11) is 0. The van der Waals surface area contributed by atoms with Crippen LogP contribution in [-0.4, -0.2) is 45.1 Å². The number of carbonyl (C=O) groups is 2. The van der Waals surface area contributed by atoms with Crippen LogP contribution in [0.3, 0.4) is 0 Å². The largest absolute Gasteiger partial charge is 0.365 e. The van der Waals surface area contributed by atoms with Gasteiger partial charge in [-0.05, 0) is 38.5 Å². The summed E-state index contributed by atoms with van der Waals surface area (Å²) >= 11 is 0. The van der Waals surface area contributed by atoms with Crippen LogP contribution in [0.15, 0.2) is 0 Å². The normalized spacial score (nSPS) is 18.0. The van der Waals surface area contributed by atoms with Gasteiger partial charge in [-0.2, -0.15) is 4.39 Å². The third kappa shape index (κ3) is 5.75. The van der Waals surface area contributed by atoms with E-state index in [9.17, 15) is 19.2 Å². The maximum atomic E-state index is 14.7. The van der Waals surface area contributed by atoms with Crippen molar-refractivity contribution in [2.75, 3.05) is 17.3 Å². The molecular weight excluding hydrogens is 379 g/mol. The number of nitrogens with one attached hydrogen (secondary N) is 3. The highest BCUT2D eigenvalue weighted by molar-refractivity contribution is 5.80. The second kappa shape index (κ2) is 9.82. The molecule has 2 aliphatic rings. The molecule has 29 heavy (non-hydrogen) atoms. The lowest BCUT2D eigenvalue weighted by atomic mass is 9.92. The number of amides is 2. The molecule has 0 aromatic carbocycles. The molecule has 10 heteroatoms. The fourth-order valence-corrected chi connectivity index (χ4v) is 3.89. The van der Waals surface area contributed by atoms with Gasteiger partial charge in [0.05, 0.1) is 12.5 Å². The Morgan fingerprint density at radius 3 is 2.55 bits per heavy atom. The van der Waals surface area contributed by atoms with E-state index in [-0.39, 0.29) is 30.6 Å². The first kappa shape index (κ1) is 21.2. The van der Waals surface area contributed by atoms with E-state index < -0.39 is 17.6 Å². The molecule has 1 heterocycles. The number of aryl methyl sites for hydroxylation is 1. The number of halogens is 1. The highest BCUT2D eigenvalue weighted by atomic mass is 19.1. The number of hydrazine groups is 1. The quantitative estimate of drug-likeness (QED) is 0.267. The van der Waals surface area contributed by atoms with Gasteiger partial charge < -0.3 is 5.32 Å². The first-order valence-corrected chi connectivity index (χ1v) is 10.2. The van der Waals surface area contributed by atoms with Crippen molar-refractivity contribution in [1.29, 1.82) is 0 Å². The lowest BCUT2D eigenvalue weighted by molar-refractivity contribution is -0.154. The topological polar surface area (TPSA) is 119 Å². The van der Waals surface area contributed by atoms with E-state index in [2.05, 4.69) is 26.1 Å². The van der Waals surface area contributed by atoms with Crippen molar-refractivity contribution in [3.8, 4) is 0 Å². The average molecular weight is 408 g/mol. The first-order valence-electron chi connectivity index (χ1n) is 10.2. The molecule has 0 unspecified atom stereocenters. The Labute approximate surface area is 169 Å². The molecule has 2 fully saturated rings. The number of aromatic nitrogens is 2. The zero-order valence-corrected chi connectivity index (χ0v) is 16.7. The van der Waals surface area contributed by atoms with Crippen LogP contribution in [0.1, 0.15) is 57.2 Å². The molecule has 160 valence electrons. The Balaban J connectivity index is 1.63. The van der Waals surface area contributed by atoms with Crippen LogP contribution in [0.5, 0.6) is 0 Å². The second-order valence-electron chi connectivity index (χ2n) is 7.98. The van der Waals surface area contributed by atoms with E-state index >= 15 is 0 Å².